The summed E-state index contributed by atoms with van der Waals surface area (Å²) in [6, 6.07) is 10.3. The second-order valence-corrected chi connectivity index (χ2v) is 6.08. The predicted octanol–water partition coefficient (Wildman–Crippen LogP) is 3.83. The molecule has 1 saturated carbocycles. The first kappa shape index (κ1) is 14.5. The molecule has 1 fully saturated rings. The Morgan fingerprint density at radius 3 is 2.76 bits per heavy atom. The number of hydrogen-bond donors (Lipinski definition) is 1. The van der Waals surface area contributed by atoms with Crippen LogP contribution in [0.3, 0.4) is 0 Å². The lowest BCUT2D eigenvalue weighted by Gasteiger charge is -2.33. The van der Waals surface area contributed by atoms with E-state index >= 15 is 0 Å². The molecular weight excluding hydrogens is 260 g/mol. The summed E-state index contributed by atoms with van der Waals surface area (Å²) in [5.74, 6) is 0.586. The molecule has 21 heavy (non-hydrogen) atoms. The van der Waals surface area contributed by atoms with Crippen LogP contribution in [0.2, 0.25) is 0 Å². The molecule has 1 aromatic carbocycles. The van der Waals surface area contributed by atoms with Crippen LogP contribution in [-0.2, 0) is 4.74 Å². The van der Waals surface area contributed by atoms with Crippen LogP contribution < -0.4 is 5.73 Å². The predicted molar refractivity (Wildman–Crippen MR) is 86.0 cm³/mol. The fraction of sp³-hybridized carbons (Fsp3) is 0.500. The van der Waals surface area contributed by atoms with Gasteiger partial charge in [-0.15, -0.1) is 0 Å². The van der Waals surface area contributed by atoms with Crippen LogP contribution in [0.15, 0.2) is 36.5 Å². The van der Waals surface area contributed by atoms with Crippen LogP contribution in [0.4, 0.5) is 0 Å². The lowest BCUT2D eigenvalue weighted by Crippen LogP contribution is -2.35. The van der Waals surface area contributed by atoms with Crippen molar-refractivity contribution in [3.8, 4) is 0 Å². The molecule has 0 aliphatic heterocycles. The number of fused-ring (bicyclic) bond motifs is 1. The van der Waals surface area contributed by atoms with Gasteiger partial charge in [0.2, 0.25) is 0 Å². The molecule has 1 aliphatic rings. The second kappa shape index (κ2) is 6.54. The number of nitrogens with two attached hydrogens (primary N) is 1. The molecule has 2 unspecified atom stereocenters. The third kappa shape index (κ3) is 3.09. The fourth-order valence-corrected chi connectivity index (χ4v) is 3.59. The monoisotopic (exact) mass is 284 g/mol. The van der Waals surface area contributed by atoms with E-state index in [-0.39, 0.29) is 12.1 Å². The molecule has 0 saturated heterocycles. The van der Waals surface area contributed by atoms with Crippen molar-refractivity contribution >= 4 is 10.9 Å². The van der Waals surface area contributed by atoms with Crippen LogP contribution in [0.25, 0.3) is 10.9 Å². The van der Waals surface area contributed by atoms with Crippen molar-refractivity contribution in [1.82, 2.24) is 4.98 Å². The van der Waals surface area contributed by atoms with E-state index in [4.69, 9.17) is 10.5 Å². The van der Waals surface area contributed by atoms with E-state index in [9.17, 15) is 0 Å². The quantitative estimate of drug-likeness (QED) is 0.928. The van der Waals surface area contributed by atoms with Gasteiger partial charge in [-0.2, -0.15) is 0 Å². The summed E-state index contributed by atoms with van der Waals surface area (Å²) in [7, 11) is 1.79. The Hall–Kier alpha value is -1.45. The number of hydrogen-bond acceptors (Lipinski definition) is 3. The lowest BCUT2D eigenvalue weighted by atomic mass is 9.81. The summed E-state index contributed by atoms with van der Waals surface area (Å²) in [5.41, 5.74) is 8.69. The van der Waals surface area contributed by atoms with Crippen molar-refractivity contribution < 1.29 is 4.74 Å². The van der Waals surface area contributed by atoms with Gasteiger partial charge in [-0.3, -0.25) is 4.98 Å². The Kier molecular flexibility index (Phi) is 4.51. The van der Waals surface area contributed by atoms with Crippen molar-refractivity contribution in [2.45, 2.75) is 44.2 Å². The molecule has 2 atom stereocenters. The summed E-state index contributed by atoms with van der Waals surface area (Å²) >= 11 is 0. The molecule has 112 valence electrons. The molecule has 1 heterocycles. The van der Waals surface area contributed by atoms with Crippen molar-refractivity contribution in [3.05, 3.63) is 42.1 Å². The molecule has 0 bridgehead atoms. The number of pyridine rings is 1. The van der Waals surface area contributed by atoms with E-state index in [0.29, 0.717) is 5.92 Å². The number of methoxy groups -OCH3 is 1. The van der Waals surface area contributed by atoms with Gasteiger partial charge < -0.3 is 10.5 Å². The number of aromatic nitrogens is 1. The Bertz CT molecular complexity index is 593. The zero-order valence-electron chi connectivity index (χ0n) is 12.7. The molecule has 1 aliphatic carbocycles. The summed E-state index contributed by atoms with van der Waals surface area (Å²) in [4.78, 5) is 4.36. The number of benzene rings is 1. The van der Waals surface area contributed by atoms with E-state index in [0.717, 1.165) is 16.5 Å². The van der Waals surface area contributed by atoms with Crippen molar-refractivity contribution in [2.24, 2.45) is 11.7 Å². The standard InChI is InChI=1S/C18H24N2O/c1-21-18(13-6-3-2-4-7-13)17(19)15-9-10-16-14(12-15)8-5-11-20-16/h5,8-13,17-18H,2-4,6-7,19H2,1H3. The zero-order chi connectivity index (χ0) is 14.7. The lowest BCUT2D eigenvalue weighted by molar-refractivity contribution is 0.0173. The fourth-order valence-electron chi connectivity index (χ4n) is 3.59. The highest BCUT2D eigenvalue weighted by atomic mass is 16.5. The number of ether oxygens (including phenoxy) is 1. The Morgan fingerprint density at radius 2 is 2.00 bits per heavy atom. The maximum Gasteiger partial charge on any atom is 0.0791 e. The molecule has 1 aromatic heterocycles. The minimum atomic E-state index is -0.0669. The SMILES string of the molecule is COC(C1CCCCC1)C(N)c1ccc2ncccc2c1. The maximum absolute atomic E-state index is 6.53. The van der Waals surface area contributed by atoms with Gasteiger partial charge in [0.1, 0.15) is 0 Å². The molecule has 0 amide bonds. The van der Waals surface area contributed by atoms with Gasteiger partial charge >= 0.3 is 0 Å². The van der Waals surface area contributed by atoms with Crippen molar-refractivity contribution in [2.75, 3.05) is 7.11 Å². The summed E-state index contributed by atoms with van der Waals surface area (Å²) < 4.78 is 5.78. The zero-order valence-corrected chi connectivity index (χ0v) is 12.7. The highest BCUT2D eigenvalue weighted by Gasteiger charge is 2.29. The van der Waals surface area contributed by atoms with Gasteiger partial charge in [0.25, 0.3) is 0 Å². The molecule has 3 rings (SSSR count). The second-order valence-electron chi connectivity index (χ2n) is 6.08. The van der Waals surface area contributed by atoms with Gasteiger partial charge in [0.15, 0.2) is 0 Å². The Morgan fingerprint density at radius 1 is 1.19 bits per heavy atom. The highest BCUT2D eigenvalue weighted by Crippen LogP contribution is 2.33. The van der Waals surface area contributed by atoms with E-state index in [1.54, 1.807) is 7.11 Å². The number of rotatable bonds is 4. The summed E-state index contributed by atoms with van der Waals surface area (Å²) in [5, 5.41) is 1.14. The van der Waals surface area contributed by atoms with Crippen molar-refractivity contribution in [3.63, 3.8) is 0 Å². The van der Waals surface area contributed by atoms with Gasteiger partial charge in [0.05, 0.1) is 17.7 Å². The van der Waals surface area contributed by atoms with E-state index in [1.807, 2.05) is 12.3 Å². The average Bonchev–Trinajstić information content (AvgIpc) is 2.56. The average molecular weight is 284 g/mol. The summed E-state index contributed by atoms with van der Waals surface area (Å²) in [6.45, 7) is 0. The third-order valence-electron chi connectivity index (χ3n) is 4.75. The van der Waals surface area contributed by atoms with E-state index in [1.165, 1.54) is 32.1 Å². The molecule has 0 radical (unpaired) electrons. The van der Waals surface area contributed by atoms with Crippen LogP contribution in [0.5, 0.6) is 0 Å². The maximum atomic E-state index is 6.53. The highest BCUT2D eigenvalue weighted by molar-refractivity contribution is 5.79. The Labute approximate surface area is 126 Å². The van der Waals surface area contributed by atoms with E-state index < -0.39 is 0 Å². The molecule has 2 N–H and O–H groups in total. The van der Waals surface area contributed by atoms with Gasteiger partial charge in [-0.25, -0.2) is 0 Å². The van der Waals surface area contributed by atoms with Gasteiger partial charge in [-0.1, -0.05) is 31.4 Å². The molecule has 3 heteroatoms. The minimum absolute atomic E-state index is 0.0669. The normalized spacial score (nSPS) is 19.5. The Balaban J connectivity index is 1.84. The van der Waals surface area contributed by atoms with Gasteiger partial charge in [0, 0.05) is 18.7 Å². The van der Waals surface area contributed by atoms with E-state index in [2.05, 4.69) is 29.2 Å². The molecular formula is C18H24N2O. The largest absolute Gasteiger partial charge is 0.379 e. The van der Waals surface area contributed by atoms with Gasteiger partial charge in [-0.05, 0) is 42.5 Å². The van der Waals surface area contributed by atoms with Crippen molar-refractivity contribution in [1.29, 1.82) is 0 Å². The topological polar surface area (TPSA) is 48.1 Å². The minimum Gasteiger partial charge on any atom is -0.379 e. The molecule has 0 spiro atoms. The van der Waals surface area contributed by atoms with Crippen LogP contribution in [0, 0.1) is 5.92 Å². The van der Waals surface area contributed by atoms with Crippen LogP contribution >= 0.6 is 0 Å². The molecule has 2 aromatic rings. The third-order valence-corrected chi connectivity index (χ3v) is 4.75. The number of nitrogens with zero attached hydrogens (tertiary/aromatic N) is 1. The first-order valence-corrected chi connectivity index (χ1v) is 7.92. The molecule has 3 nitrogen and oxygen atoms in total. The smallest absolute Gasteiger partial charge is 0.0791 e. The van der Waals surface area contributed by atoms with Crippen LogP contribution in [0.1, 0.15) is 43.7 Å². The van der Waals surface area contributed by atoms with Crippen LogP contribution in [-0.4, -0.2) is 18.2 Å². The first-order valence-electron chi connectivity index (χ1n) is 7.92. The summed E-state index contributed by atoms with van der Waals surface area (Å²) in [6.07, 6.45) is 8.37. The first-order chi connectivity index (χ1) is 10.3.